The van der Waals surface area contributed by atoms with Crippen molar-refractivity contribution in [1.82, 2.24) is 4.31 Å². The van der Waals surface area contributed by atoms with E-state index < -0.39 is 15.9 Å². The first-order valence-corrected chi connectivity index (χ1v) is 5.84. The van der Waals surface area contributed by atoms with Crippen LogP contribution < -0.4 is 0 Å². The summed E-state index contributed by atoms with van der Waals surface area (Å²) in [6, 6.07) is 7.92. The molecule has 1 aromatic carbocycles. The van der Waals surface area contributed by atoms with Gasteiger partial charge in [0.1, 0.15) is 0 Å². The van der Waals surface area contributed by atoms with Gasteiger partial charge in [0.25, 0.3) is 15.9 Å². The van der Waals surface area contributed by atoms with E-state index >= 15 is 0 Å². The van der Waals surface area contributed by atoms with Crippen LogP contribution in [0.2, 0.25) is 0 Å². The number of carbonyl (C=O) groups is 1. The normalized spacial score (nSPS) is 16.0. The molecule has 0 saturated carbocycles. The zero-order valence-corrected chi connectivity index (χ0v) is 8.65. The van der Waals surface area contributed by atoms with Crippen LogP contribution in [0.3, 0.4) is 0 Å². The predicted molar refractivity (Wildman–Crippen MR) is 54.5 cm³/mol. The van der Waals surface area contributed by atoms with E-state index in [-0.39, 0.29) is 11.4 Å². The number of hydrogen-bond acceptors (Lipinski definition) is 3. The Morgan fingerprint density at radius 3 is 2.33 bits per heavy atom. The van der Waals surface area contributed by atoms with Crippen molar-refractivity contribution in [2.24, 2.45) is 0 Å². The van der Waals surface area contributed by atoms with Crippen molar-refractivity contribution in [2.75, 3.05) is 6.54 Å². The summed E-state index contributed by atoms with van der Waals surface area (Å²) in [5.41, 5.74) is 0. The fourth-order valence-electron chi connectivity index (χ4n) is 1.36. The van der Waals surface area contributed by atoms with Gasteiger partial charge in [0, 0.05) is 6.08 Å². The second-order valence-corrected chi connectivity index (χ2v) is 4.95. The minimum absolute atomic E-state index is 0.121. The third kappa shape index (κ3) is 1.66. The molecule has 4 nitrogen and oxygen atoms in total. The second-order valence-electron chi connectivity index (χ2n) is 3.09. The Balaban J connectivity index is 2.41. The lowest BCUT2D eigenvalue weighted by Crippen LogP contribution is -2.32. The van der Waals surface area contributed by atoms with Crippen LogP contribution in [0.5, 0.6) is 0 Å². The van der Waals surface area contributed by atoms with Crippen LogP contribution in [0, 0.1) is 0 Å². The van der Waals surface area contributed by atoms with E-state index in [0.29, 0.717) is 0 Å². The number of benzene rings is 1. The minimum atomic E-state index is -3.67. The topological polar surface area (TPSA) is 54.5 Å². The maximum Gasteiger partial charge on any atom is 0.267 e. The van der Waals surface area contributed by atoms with Gasteiger partial charge >= 0.3 is 0 Å². The molecule has 2 rings (SSSR count). The molecule has 78 valence electrons. The van der Waals surface area contributed by atoms with Crippen LogP contribution in [0.25, 0.3) is 0 Å². The fourth-order valence-corrected chi connectivity index (χ4v) is 2.69. The molecule has 0 aromatic heterocycles. The molecular weight excluding hydrogens is 214 g/mol. The summed E-state index contributed by atoms with van der Waals surface area (Å²) in [5.74, 6) is -0.487. The fraction of sp³-hybridized carbons (Fsp3) is 0.100. The quantitative estimate of drug-likeness (QED) is 0.744. The lowest BCUT2D eigenvalue weighted by molar-refractivity contribution is -0.120. The highest BCUT2D eigenvalue weighted by atomic mass is 32.2. The van der Waals surface area contributed by atoms with Gasteiger partial charge in [-0.05, 0) is 12.1 Å². The summed E-state index contributed by atoms with van der Waals surface area (Å²) in [5, 5.41) is 0. The van der Waals surface area contributed by atoms with Gasteiger partial charge in [-0.25, -0.2) is 12.7 Å². The van der Waals surface area contributed by atoms with Crippen molar-refractivity contribution in [3.63, 3.8) is 0 Å². The average Bonchev–Trinajstić information content (AvgIpc) is 2.66. The van der Waals surface area contributed by atoms with Crippen molar-refractivity contribution in [3.05, 3.63) is 42.5 Å². The molecule has 1 aliphatic heterocycles. The number of rotatable bonds is 2. The average molecular weight is 223 g/mol. The number of carbonyl (C=O) groups excluding carboxylic acids is 1. The van der Waals surface area contributed by atoms with E-state index in [1.54, 1.807) is 18.2 Å². The highest BCUT2D eigenvalue weighted by Gasteiger charge is 2.29. The van der Waals surface area contributed by atoms with E-state index in [4.69, 9.17) is 0 Å². The summed E-state index contributed by atoms with van der Waals surface area (Å²) < 4.78 is 24.7. The van der Waals surface area contributed by atoms with Crippen molar-refractivity contribution in [3.8, 4) is 0 Å². The Morgan fingerprint density at radius 1 is 1.13 bits per heavy atom. The Morgan fingerprint density at radius 2 is 1.80 bits per heavy atom. The molecule has 0 spiro atoms. The van der Waals surface area contributed by atoms with Crippen LogP contribution >= 0.6 is 0 Å². The predicted octanol–water partition coefficient (Wildman–Crippen LogP) is 0.774. The van der Waals surface area contributed by atoms with Crippen LogP contribution in [-0.2, 0) is 14.8 Å². The largest absolute Gasteiger partial charge is 0.269 e. The van der Waals surface area contributed by atoms with Gasteiger partial charge in [-0.15, -0.1) is 0 Å². The molecule has 1 amide bonds. The Kier molecular flexibility index (Phi) is 2.32. The summed E-state index contributed by atoms with van der Waals surface area (Å²) in [6.07, 6.45) is 2.79. The van der Waals surface area contributed by atoms with Crippen LogP contribution in [0.4, 0.5) is 0 Å². The molecule has 1 aliphatic rings. The van der Waals surface area contributed by atoms with Crippen molar-refractivity contribution in [1.29, 1.82) is 0 Å². The number of sulfonamides is 1. The van der Waals surface area contributed by atoms with Gasteiger partial charge in [-0.3, -0.25) is 4.79 Å². The molecule has 1 heterocycles. The summed E-state index contributed by atoms with van der Waals surface area (Å²) in [6.45, 7) is 0.121. The maximum atomic E-state index is 11.9. The first kappa shape index (κ1) is 9.92. The number of hydrogen-bond donors (Lipinski definition) is 0. The van der Waals surface area contributed by atoms with Gasteiger partial charge in [0.2, 0.25) is 0 Å². The van der Waals surface area contributed by atoms with Crippen LogP contribution in [0.15, 0.2) is 47.4 Å². The van der Waals surface area contributed by atoms with Gasteiger partial charge in [-0.2, -0.15) is 0 Å². The third-order valence-corrected chi connectivity index (χ3v) is 3.89. The summed E-state index contributed by atoms with van der Waals surface area (Å²) >= 11 is 0. The molecule has 0 bridgehead atoms. The maximum absolute atomic E-state index is 11.9. The third-order valence-electron chi connectivity index (χ3n) is 2.11. The molecule has 5 heteroatoms. The standard InChI is InChI=1S/C10H9NO3S/c12-10-7-4-8-11(10)15(13,14)9-5-2-1-3-6-9/h1-7H,8H2. The molecule has 0 atom stereocenters. The van der Waals surface area contributed by atoms with Crippen molar-refractivity contribution < 1.29 is 13.2 Å². The molecule has 0 N–H and O–H groups in total. The first-order chi connectivity index (χ1) is 7.12. The van der Waals surface area contributed by atoms with Crippen molar-refractivity contribution in [2.45, 2.75) is 4.90 Å². The highest BCUT2D eigenvalue weighted by Crippen LogP contribution is 2.17. The molecule has 0 fully saturated rings. The van der Waals surface area contributed by atoms with E-state index in [1.807, 2.05) is 0 Å². The van der Waals surface area contributed by atoms with E-state index in [0.717, 1.165) is 4.31 Å². The second kappa shape index (κ2) is 3.51. The monoisotopic (exact) mass is 223 g/mol. The molecule has 0 saturated heterocycles. The molecular formula is C10H9NO3S. The Bertz CT molecular complexity index is 505. The van der Waals surface area contributed by atoms with E-state index in [9.17, 15) is 13.2 Å². The van der Waals surface area contributed by atoms with Crippen molar-refractivity contribution >= 4 is 15.9 Å². The van der Waals surface area contributed by atoms with Gasteiger partial charge in [-0.1, -0.05) is 24.3 Å². The zero-order chi connectivity index (χ0) is 10.9. The summed E-state index contributed by atoms with van der Waals surface area (Å²) in [7, 11) is -3.67. The molecule has 0 unspecified atom stereocenters. The van der Waals surface area contributed by atoms with Gasteiger partial charge in [0.15, 0.2) is 0 Å². The first-order valence-electron chi connectivity index (χ1n) is 4.40. The van der Waals surface area contributed by atoms with Crippen LogP contribution in [0.1, 0.15) is 0 Å². The van der Waals surface area contributed by atoms with Crippen LogP contribution in [-0.4, -0.2) is 25.2 Å². The molecule has 15 heavy (non-hydrogen) atoms. The molecule has 1 aromatic rings. The molecule has 0 aliphatic carbocycles. The lowest BCUT2D eigenvalue weighted by atomic mass is 10.4. The van der Waals surface area contributed by atoms with Gasteiger partial charge in [0.05, 0.1) is 11.4 Å². The number of amides is 1. The smallest absolute Gasteiger partial charge is 0.267 e. The SMILES string of the molecule is O=C1C=CCN1S(=O)(=O)c1ccccc1. The lowest BCUT2D eigenvalue weighted by Gasteiger charge is -2.15. The molecule has 0 radical (unpaired) electrons. The highest BCUT2D eigenvalue weighted by molar-refractivity contribution is 7.89. The zero-order valence-electron chi connectivity index (χ0n) is 7.83. The minimum Gasteiger partial charge on any atom is -0.269 e. The van der Waals surface area contributed by atoms with Gasteiger partial charge < -0.3 is 0 Å². The Labute approximate surface area is 87.9 Å². The van der Waals surface area contributed by atoms with E-state index in [2.05, 4.69) is 0 Å². The summed E-state index contributed by atoms with van der Waals surface area (Å²) in [4.78, 5) is 11.4. The Hall–Kier alpha value is -1.62. The van der Waals surface area contributed by atoms with E-state index in [1.165, 1.54) is 24.3 Å². The number of nitrogens with zero attached hydrogens (tertiary/aromatic N) is 1.